The molecule has 0 aliphatic carbocycles. The van der Waals surface area contributed by atoms with E-state index in [1.165, 1.54) is 35.0 Å². The van der Waals surface area contributed by atoms with E-state index in [0.29, 0.717) is 5.92 Å². The lowest BCUT2D eigenvalue weighted by molar-refractivity contribution is 0.202. The summed E-state index contributed by atoms with van der Waals surface area (Å²) in [7, 11) is 0. The molecule has 1 aliphatic rings. The van der Waals surface area contributed by atoms with E-state index in [4.69, 9.17) is 0 Å². The molecule has 1 saturated heterocycles. The van der Waals surface area contributed by atoms with Crippen LogP contribution in [0.4, 0.5) is 0 Å². The molecule has 118 valence electrons. The molecule has 0 spiro atoms. The van der Waals surface area contributed by atoms with Crippen molar-refractivity contribution in [2.24, 2.45) is 0 Å². The molecule has 1 N–H and O–H groups in total. The standard InChI is InChI=1S/C19H22N4/c1-14-12-21-22-19(14)13-23-10-7-15(8-11-23)16-6-9-20-18-5-3-2-4-17(16)18/h2-6,9,12,15H,7-8,10-11,13H2,1H3,(H,21,22). The van der Waals surface area contributed by atoms with Crippen LogP contribution in [-0.4, -0.2) is 33.2 Å². The maximum absolute atomic E-state index is 4.49. The van der Waals surface area contributed by atoms with Crippen LogP contribution in [0.3, 0.4) is 0 Å². The van der Waals surface area contributed by atoms with Crippen LogP contribution in [0.2, 0.25) is 0 Å². The van der Waals surface area contributed by atoms with Gasteiger partial charge >= 0.3 is 0 Å². The minimum Gasteiger partial charge on any atom is -0.297 e. The van der Waals surface area contributed by atoms with E-state index < -0.39 is 0 Å². The van der Waals surface area contributed by atoms with Gasteiger partial charge in [0.15, 0.2) is 0 Å². The topological polar surface area (TPSA) is 44.8 Å². The number of pyridine rings is 1. The van der Waals surface area contributed by atoms with Gasteiger partial charge in [-0.1, -0.05) is 18.2 Å². The van der Waals surface area contributed by atoms with Crippen molar-refractivity contribution in [1.82, 2.24) is 20.1 Å². The maximum atomic E-state index is 4.49. The molecule has 3 heterocycles. The van der Waals surface area contributed by atoms with Crippen LogP contribution < -0.4 is 0 Å². The summed E-state index contributed by atoms with van der Waals surface area (Å²) in [5.74, 6) is 0.641. The molecule has 1 aromatic carbocycles. The van der Waals surface area contributed by atoms with Gasteiger partial charge in [0.05, 0.1) is 17.4 Å². The van der Waals surface area contributed by atoms with E-state index in [9.17, 15) is 0 Å². The summed E-state index contributed by atoms with van der Waals surface area (Å²) in [4.78, 5) is 7.02. The number of nitrogens with zero attached hydrogens (tertiary/aromatic N) is 3. The second kappa shape index (κ2) is 6.13. The molecule has 4 rings (SSSR count). The monoisotopic (exact) mass is 306 g/mol. The van der Waals surface area contributed by atoms with Crippen LogP contribution in [0, 0.1) is 6.92 Å². The molecular weight excluding hydrogens is 284 g/mol. The van der Waals surface area contributed by atoms with Gasteiger partial charge in [-0.25, -0.2) is 0 Å². The van der Waals surface area contributed by atoms with Crippen molar-refractivity contribution in [2.45, 2.75) is 32.2 Å². The third-order valence-corrected chi connectivity index (χ3v) is 5.03. The SMILES string of the molecule is Cc1cn[nH]c1CN1CCC(c2ccnc3ccccc23)CC1. The Morgan fingerprint density at radius 2 is 2.00 bits per heavy atom. The average molecular weight is 306 g/mol. The van der Waals surface area contributed by atoms with E-state index in [1.807, 2.05) is 12.4 Å². The number of aromatic amines is 1. The molecule has 0 amide bonds. The zero-order chi connectivity index (χ0) is 15.6. The van der Waals surface area contributed by atoms with Crippen LogP contribution in [-0.2, 0) is 6.54 Å². The molecule has 0 bridgehead atoms. The Balaban J connectivity index is 1.48. The van der Waals surface area contributed by atoms with Crippen molar-refractivity contribution < 1.29 is 0 Å². The number of aryl methyl sites for hydroxylation is 1. The molecule has 0 radical (unpaired) electrons. The van der Waals surface area contributed by atoms with Crippen LogP contribution in [0.1, 0.15) is 35.6 Å². The number of H-pyrrole nitrogens is 1. The van der Waals surface area contributed by atoms with Crippen LogP contribution in [0.5, 0.6) is 0 Å². The molecule has 0 saturated carbocycles. The summed E-state index contributed by atoms with van der Waals surface area (Å²) < 4.78 is 0. The molecule has 0 unspecified atom stereocenters. The van der Waals surface area contributed by atoms with Crippen molar-refractivity contribution in [3.05, 3.63) is 59.5 Å². The van der Waals surface area contributed by atoms with Crippen molar-refractivity contribution >= 4 is 10.9 Å². The third-order valence-electron chi connectivity index (χ3n) is 5.03. The quantitative estimate of drug-likeness (QED) is 0.803. The number of piperidine rings is 1. The van der Waals surface area contributed by atoms with E-state index in [0.717, 1.165) is 25.2 Å². The first-order chi connectivity index (χ1) is 11.3. The zero-order valence-electron chi connectivity index (χ0n) is 13.5. The summed E-state index contributed by atoms with van der Waals surface area (Å²) in [6.07, 6.45) is 6.28. The predicted molar refractivity (Wildman–Crippen MR) is 92.3 cm³/mol. The normalized spacial score (nSPS) is 16.9. The zero-order valence-corrected chi connectivity index (χ0v) is 13.5. The van der Waals surface area contributed by atoms with Crippen molar-refractivity contribution in [3.63, 3.8) is 0 Å². The van der Waals surface area contributed by atoms with Gasteiger partial charge in [0.25, 0.3) is 0 Å². The Morgan fingerprint density at radius 1 is 1.17 bits per heavy atom. The fourth-order valence-electron chi connectivity index (χ4n) is 3.63. The Morgan fingerprint density at radius 3 is 2.78 bits per heavy atom. The van der Waals surface area contributed by atoms with Crippen LogP contribution in [0.25, 0.3) is 10.9 Å². The number of rotatable bonds is 3. The smallest absolute Gasteiger partial charge is 0.0704 e. The number of aromatic nitrogens is 3. The fourth-order valence-corrected chi connectivity index (χ4v) is 3.63. The van der Waals surface area contributed by atoms with Gasteiger partial charge in [-0.15, -0.1) is 0 Å². The molecule has 4 heteroatoms. The summed E-state index contributed by atoms with van der Waals surface area (Å²) in [5, 5.41) is 8.56. The lowest BCUT2D eigenvalue weighted by Crippen LogP contribution is -2.32. The van der Waals surface area contributed by atoms with Gasteiger partial charge in [-0.2, -0.15) is 5.10 Å². The second-order valence-corrected chi connectivity index (χ2v) is 6.50. The highest BCUT2D eigenvalue weighted by molar-refractivity contribution is 5.82. The number of likely N-dealkylation sites (tertiary alicyclic amines) is 1. The molecule has 2 aromatic heterocycles. The summed E-state index contributed by atoms with van der Waals surface area (Å²) in [6, 6.07) is 10.7. The predicted octanol–water partition coefficient (Wildman–Crippen LogP) is 3.65. The Labute approximate surface area is 136 Å². The Bertz CT molecular complexity index is 794. The minimum absolute atomic E-state index is 0.641. The molecule has 1 fully saturated rings. The van der Waals surface area contributed by atoms with E-state index in [-0.39, 0.29) is 0 Å². The van der Waals surface area contributed by atoms with Crippen molar-refractivity contribution in [2.75, 3.05) is 13.1 Å². The first-order valence-corrected chi connectivity index (χ1v) is 8.36. The summed E-state index contributed by atoms with van der Waals surface area (Å²) in [5.41, 5.74) is 5.08. The van der Waals surface area contributed by atoms with Gasteiger partial charge in [0.1, 0.15) is 0 Å². The van der Waals surface area contributed by atoms with Gasteiger partial charge in [0, 0.05) is 18.1 Å². The second-order valence-electron chi connectivity index (χ2n) is 6.50. The average Bonchev–Trinajstić information content (AvgIpc) is 3.00. The van der Waals surface area contributed by atoms with Gasteiger partial charge < -0.3 is 0 Å². The summed E-state index contributed by atoms with van der Waals surface area (Å²) >= 11 is 0. The maximum Gasteiger partial charge on any atom is 0.0704 e. The number of para-hydroxylation sites is 1. The Hall–Kier alpha value is -2.20. The van der Waals surface area contributed by atoms with Gasteiger partial charge in [-0.05, 0) is 62.0 Å². The number of benzene rings is 1. The highest BCUT2D eigenvalue weighted by Crippen LogP contribution is 2.32. The number of hydrogen-bond donors (Lipinski definition) is 1. The highest BCUT2D eigenvalue weighted by atomic mass is 15.2. The molecule has 1 aliphatic heterocycles. The summed E-state index contributed by atoms with van der Waals surface area (Å²) in [6.45, 7) is 5.38. The van der Waals surface area contributed by atoms with E-state index >= 15 is 0 Å². The largest absolute Gasteiger partial charge is 0.297 e. The highest BCUT2D eigenvalue weighted by Gasteiger charge is 2.22. The first kappa shape index (κ1) is 14.4. The molecule has 3 aromatic rings. The molecule has 0 atom stereocenters. The number of hydrogen-bond acceptors (Lipinski definition) is 3. The van der Waals surface area contributed by atoms with Crippen molar-refractivity contribution in [3.8, 4) is 0 Å². The van der Waals surface area contributed by atoms with Crippen LogP contribution >= 0.6 is 0 Å². The molecule has 23 heavy (non-hydrogen) atoms. The number of fused-ring (bicyclic) bond motifs is 1. The number of nitrogens with one attached hydrogen (secondary N) is 1. The van der Waals surface area contributed by atoms with Crippen molar-refractivity contribution in [1.29, 1.82) is 0 Å². The van der Waals surface area contributed by atoms with E-state index in [2.05, 4.69) is 57.3 Å². The van der Waals surface area contributed by atoms with E-state index in [1.54, 1.807) is 0 Å². The van der Waals surface area contributed by atoms with Gasteiger partial charge in [0.2, 0.25) is 0 Å². The third kappa shape index (κ3) is 2.86. The Kier molecular flexibility index (Phi) is 3.83. The minimum atomic E-state index is 0.641. The van der Waals surface area contributed by atoms with Gasteiger partial charge in [-0.3, -0.25) is 15.0 Å². The fraction of sp³-hybridized carbons (Fsp3) is 0.368. The molecular formula is C19H22N4. The van der Waals surface area contributed by atoms with Crippen LogP contribution in [0.15, 0.2) is 42.7 Å². The molecule has 4 nitrogen and oxygen atoms in total. The lowest BCUT2D eigenvalue weighted by atomic mass is 9.87. The lowest BCUT2D eigenvalue weighted by Gasteiger charge is -2.32. The first-order valence-electron chi connectivity index (χ1n) is 8.36.